The van der Waals surface area contributed by atoms with E-state index in [1.165, 1.54) is 0 Å². The highest BCUT2D eigenvalue weighted by Crippen LogP contribution is 2.29. The van der Waals surface area contributed by atoms with Gasteiger partial charge in [-0.05, 0) is 54.6 Å². The Morgan fingerprint density at radius 3 is 2.46 bits per heavy atom. The lowest BCUT2D eigenvalue weighted by molar-refractivity contribution is 0.944. The van der Waals surface area contributed by atoms with E-state index in [9.17, 15) is 0 Å². The predicted molar refractivity (Wildman–Crippen MR) is 135 cm³/mol. The Hall–Kier alpha value is -5.36. The van der Waals surface area contributed by atoms with E-state index in [1.807, 2.05) is 60.8 Å². The number of nitrogens with zero attached hydrogens (tertiary/aromatic N) is 7. The number of anilines is 4. The largest absolute Gasteiger partial charge is 0.355 e. The van der Waals surface area contributed by atoms with Crippen molar-refractivity contribution in [2.45, 2.75) is 0 Å². The lowest BCUT2D eigenvalue weighted by Crippen LogP contribution is -1.96. The van der Waals surface area contributed by atoms with Gasteiger partial charge in [-0.3, -0.25) is 9.97 Å². The van der Waals surface area contributed by atoms with Crippen molar-refractivity contribution < 1.29 is 0 Å². The summed E-state index contributed by atoms with van der Waals surface area (Å²) in [6, 6.07) is 19.0. The molecule has 35 heavy (non-hydrogen) atoms. The highest BCUT2D eigenvalue weighted by atomic mass is 15.3. The highest BCUT2D eigenvalue weighted by Gasteiger charge is 2.09. The minimum Gasteiger partial charge on any atom is -0.355 e. The molecule has 0 spiro atoms. The van der Waals surface area contributed by atoms with Gasteiger partial charge in [-0.1, -0.05) is 6.07 Å². The second-order valence-electron chi connectivity index (χ2n) is 7.76. The van der Waals surface area contributed by atoms with Crippen LogP contribution in [0.4, 0.5) is 28.4 Å². The van der Waals surface area contributed by atoms with Gasteiger partial charge in [0.1, 0.15) is 0 Å². The van der Waals surface area contributed by atoms with E-state index in [0.717, 1.165) is 39.2 Å². The summed E-state index contributed by atoms with van der Waals surface area (Å²) >= 11 is 0. The van der Waals surface area contributed by atoms with Crippen LogP contribution in [0.1, 0.15) is 0 Å². The van der Waals surface area contributed by atoms with Crippen LogP contribution in [-0.2, 0) is 0 Å². The molecular formula is C26H17N9. The van der Waals surface area contributed by atoms with Crippen molar-refractivity contribution in [3.05, 3.63) is 103 Å². The van der Waals surface area contributed by atoms with E-state index >= 15 is 0 Å². The summed E-state index contributed by atoms with van der Waals surface area (Å²) in [6.45, 7) is 7.28. The molecule has 0 atom stereocenters. The number of nitrogens with one attached hydrogen (secondary N) is 2. The Balaban J connectivity index is 1.25. The summed E-state index contributed by atoms with van der Waals surface area (Å²) in [5, 5.41) is 12.2. The fraction of sp³-hybridized carbons (Fsp3) is 0. The maximum absolute atomic E-state index is 7.28. The van der Waals surface area contributed by atoms with E-state index in [0.29, 0.717) is 17.3 Å². The summed E-state index contributed by atoms with van der Waals surface area (Å²) in [5.41, 5.74) is 5.78. The Morgan fingerprint density at radius 2 is 1.63 bits per heavy atom. The van der Waals surface area contributed by atoms with Crippen LogP contribution < -0.4 is 10.6 Å². The predicted octanol–water partition coefficient (Wildman–Crippen LogP) is 5.77. The second kappa shape index (κ2) is 8.53. The number of hydrogen-bond donors (Lipinski definition) is 2. The van der Waals surface area contributed by atoms with Gasteiger partial charge in [-0.2, -0.15) is 4.98 Å². The third-order valence-electron chi connectivity index (χ3n) is 5.44. The zero-order chi connectivity index (χ0) is 23.6. The first-order valence-corrected chi connectivity index (χ1v) is 10.8. The molecule has 166 valence electrons. The standard InChI is InChI=1S/C26H17N9/c1-27-20-6-7-23-22(14-20)24(10-13-29-23)32-18-4-2-17(3-5-18)25-33-26-30-15-21(16-35(26)34-25)31-19-8-11-28-12-9-19/h2-16H,(H,28,31)(H,29,32). The van der Waals surface area contributed by atoms with Crippen molar-refractivity contribution in [3.8, 4) is 11.4 Å². The number of aromatic nitrogens is 6. The Bertz CT molecular complexity index is 1700. The minimum atomic E-state index is 0.515. The first kappa shape index (κ1) is 20.3. The van der Waals surface area contributed by atoms with Crippen molar-refractivity contribution in [2.24, 2.45) is 0 Å². The van der Waals surface area contributed by atoms with Crippen molar-refractivity contribution in [1.82, 2.24) is 29.5 Å². The van der Waals surface area contributed by atoms with E-state index in [-0.39, 0.29) is 0 Å². The lowest BCUT2D eigenvalue weighted by Gasteiger charge is -2.10. The zero-order valence-corrected chi connectivity index (χ0v) is 18.3. The maximum atomic E-state index is 7.28. The van der Waals surface area contributed by atoms with Crippen LogP contribution in [-0.4, -0.2) is 29.5 Å². The van der Waals surface area contributed by atoms with E-state index in [2.05, 4.69) is 40.5 Å². The molecule has 0 saturated carbocycles. The number of rotatable bonds is 5. The molecule has 0 unspecified atom stereocenters. The van der Waals surface area contributed by atoms with Crippen LogP contribution in [0.25, 0.3) is 32.9 Å². The molecule has 0 amide bonds. The number of benzene rings is 2. The zero-order valence-electron chi connectivity index (χ0n) is 18.3. The molecule has 0 aliphatic heterocycles. The van der Waals surface area contributed by atoms with Crippen molar-refractivity contribution in [1.29, 1.82) is 0 Å². The summed E-state index contributed by atoms with van der Waals surface area (Å²) in [7, 11) is 0. The maximum Gasteiger partial charge on any atom is 0.252 e. The molecule has 0 aliphatic rings. The Morgan fingerprint density at radius 1 is 0.800 bits per heavy atom. The molecule has 9 nitrogen and oxygen atoms in total. The van der Waals surface area contributed by atoms with Crippen LogP contribution in [0, 0.1) is 6.57 Å². The molecule has 0 saturated heterocycles. The summed E-state index contributed by atoms with van der Waals surface area (Å²) in [6.07, 6.45) is 8.77. The molecular weight excluding hydrogens is 438 g/mol. The lowest BCUT2D eigenvalue weighted by atomic mass is 10.1. The van der Waals surface area contributed by atoms with Crippen LogP contribution in [0.2, 0.25) is 0 Å². The van der Waals surface area contributed by atoms with Crippen LogP contribution >= 0.6 is 0 Å². The Labute approximate surface area is 200 Å². The van der Waals surface area contributed by atoms with Gasteiger partial charge in [0.15, 0.2) is 11.5 Å². The van der Waals surface area contributed by atoms with Crippen molar-refractivity contribution in [2.75, 3.05) is 10.6 Å². The first-order chi connectivity index (χ1) is 17.2. The van der Waals surface area contributed by atoms with Crippen molar-refractivity contribution >= 4 is 45.1 Å². The quantitative estimate of drug-likeness (QED) is 0.318. The SMILES string of the molecule is [C-]#[N+]c1ccc2nccc(Nc3ccc(-c4nc5ncc(Nc6ccncc6)cn5n4)cc3)c2c1. The van der Waals surface area contributed by atoms with E-state index < -0.39 is 0 Å². The highest BCUT2D eigenvalue weighted by molar-refractivity contribution is 5.95. The van der Waals surface area contributed by atoms with Crippen molar-refractivity contribution in [3.63, 3.8) is 0 Å². The molecule has 0 bridgehead atoms. The summed E-state index contributed by atoms with van der Waals surface area (Å²) in [5.74, 6) is 1.10. The summed E-state index contributed by atoms with van der Waals surface area (Å²) < 4.78 is 1.66. The van der Waals surface area contributed by atoms with E-state index in [4.69, 9.17) is 6.57 Å². The molecule has 2 N–H and O–H groups in total. The number of fused-ring (bicyclic) bond motifs is 2. The van der Waals surface area contributed by atoms with Crippen LogP contribution in [0.15, 0.2) is 91.6 Å². The average Bonchev–Trinajstić information content (AvgIpc) is 3.33. The molecule has 4 heterocycles. The average molecular weight is 455 g/mol. The van der Waals surface area contributed by atoms with Gasteiger partial charge >= 0.3 is 0 Å². The van der Waals surface area contributed by atoms with Crippen LogP contribution in [0.3, 0.4) is 0 Å². The first-order valence-electron chi connectivity index (χ1n) is 10.8. The Kier molecular flexibility index (Phi) is 4.94. The van der Waals surface area contributed by atoms with Gasteiger partial charge in [-0.25, -0.2) is 14.3 Å². The fourth-order valence-corrected chi connectivity index (χ4v) is 3.74. The third kappa shape index (κ3) is 4.07. The van der Waals surface area contributed by atoms with Gasteiger partial charge in [0.2, 0.25) is 0 Å². The normalized spacial score (nSPS) is 10.8. The molecule has 0 radical (unpaired) electrons. The van der Waals surface area contributed by atoms with Crippen LogP contribution in [0.5, 0.6) is 0 Å². The van der Waals surface area contributed by atoms with Gasteiger partial charge in [0.25, 0.3) is 5.78 Å². The summed E-state index contributed by atoms with van der Waals surface area (Å²) in [4.78, 5) is 20.9. The van der Waals surface area contributed by atoms with Gasteiger partial charge in [-0.15, -0.1) is 5.10 Å². The number of pyridine rings is 2. The molecule has 0 aliphatic carbocycles. The second-order valence-corrected chi connectivity index (χ2v) is 7.76. The van der Waals surface area contributed by atoms with E-state index in [1.54, 1.807) is 35.4 Å². The van der Waals surface area contributed by atoms with Gasteiger partial charge in [0, 0.05) is 46.6 Å². The topological polar surface area (TPSA) is 97.3 Å². The molecule has 9 heteroatoms. The fourth-order valence-electron chi connectivity index (χ4n) is 3.74. The third-order valence-corrected chi connectivity index (χ3v) is 5.44. The van der Waals surface area contributed by atoms with Gasteiger partial charge in [0.05, 0.1) is 30.2 Å². The number of hydrogen-bond acceptors (Lipinski definition) is 7. The minimum absolute atomic E-state index is 0.515. The molecule has 2 aromatic carbocycles. The molecule has 6 aromatic rings. The van der Waals surface area contributed by atoms with Gasteiger partial charge < -0.3 is 10.6 Å². The molecule has 4 aromatic heterocycles. The molecule has 6 rings (SSSR count). The monoisotopic (exact) mass is 455 g/mol. The smallest absolute Gasteiger partial charge is 0.252 e. The molecule has 0 fully saturated rings.